The molecule has 0 aliphatic carbocycles. The smallest absolute Gasteiger partial charge is 0.406 e. The molecule has 1 saturated heterocycles. The molecule has 1 aliphatic rings. The van der Waals surface area contributed by atoms with Gasteiger partial charge in [-0.25, -0.2) is 15.0 Å². The zero-order valence-corrected chi connectivity index (χ0v) is 19.7. The first-order valence-corrected chi connectivity index (χ1v) is 11.5. The van der Waals surface area contributed by atoms with Crippen LogP contribution in [0.25, 0.3) is 0 Å². The molecule has 1 amide bonds. The van der Waals surface area contributed by atoms with Crippen LogP contribution in [0.5, 0.6) is 11.6 Å². The summed E-state index contributed by atoms with van der Waals surface area (Å²) in [5.74, 6) is 0.199. The fourth-order valence-corrected chi connectivity index (χ4v) is 4.05. The molecular weight excluding hydrogens is 475 g/mol. The normalized spacial score (nSPS) is 14.4. The molecule has 3 aromatic rings. The Morgan fingerprint density at radius 2 is 1.78 bits per heavy atom. The third kappa shape index (κ3) is 6.41. The lowest BCUT2D eigenvalue weighted by Gasteiger charge is -2.35. The van der Waals surface area contributed by atoms with Crippen LogP contribution in [0.1, 0.15) is 23.2 Å². The van der Waals surface area contributed by atoms with E-state index in [1.807, 2.05) is 17.0 Å². The molecule has 4 rings (SSSR count). The van der Waals surface area contributed by atoms with Gasteiger partial charge in [0, 0.05) is 43.8 Å². The summed E-state index contributed by atoms with van der Waals surface area (Å²) in [4.78, 5) is 27.9. The van der Waals surface area contributed by atoms with Crippen molar-refractivity contribution in [2.75, 3.05) is 43.2 Å². The molecule has 1 fully saturated rings. The Hall–Kier alpha value is -3.89. The number of ether oxygens (including phenoxy) is 2. The van der Waals surface area contributed by atoms with E-state index in [2.05, 4.69) is 15.0 Å². The van der Waals surface area contributed by atoms with Gasteiger partial charge in [-0.1, -0.05) is 6.07 Å². The first-order valence-electron chi connectivity index (χ1n) is 11.5. The fraction of sp³-hybridized carbons (Fsp3) is 0.360. The van der Waals surface area contributed by atoms with Crippen LogP contribution in [0.15, 0.2) is 61.1 Å². The quantitative estimate of drug-likeness (QED) is 0.453. The molecular formula is C25H26F3N5O3. The second-order valence-corrected chi connectivity index (χ2v) is 8.35. The van der Waals surface area contributed by atoms with Gasteiger partial charge in [-0.15, -0.1) is 0 Å². The van der Waals surface area contributed by atoms with Crippen molar-refractivity contribution < 1.29 is 27.4 Å². The number of amides is 1. The monoisotopic (exact) mass is 501 g/mol. The van der Waals surface area contributed by atoms with E-state index in [-0.39, 0.29) is 17.4 Å². The van der Waals surface area contributed by atoms with E-state index in [1.165, 1.54) is 31.6 Å². The zero-order valence-electron chi connectivity index (χ0n) is 19.7. The molecule has 8 nitrogen and oxygen atoms in total. The molecule has 0 atom stereocenters. The van der Waals surface area contributed by atoms with Crippen LogP contribution in [0, 0.1) is 5.92 Å². The van der Waals surface area contributed by atoms with Gasteiger partial charge in [-0.2, -0.15) is 13.2 Å². The second-order valence-electron chi connectivity index (χ2n) is 8.35. The number of rotatable bonds is 8. The van der Waals surface area contributed by atoms with Crippen LogP contribution in [0.3, 0.4) is 0 Å². The maximum absolute atomic E-state index is 13.5. The average Bonchev–Trinajstić information content (AvgIpc) is 2.91. The third-order valence-corrected chi connectivity index (χ3v) is 5.87. The predicted molar refractivity (Wildman–Crippen MR) is 127 cm³/mol. The number of carbonyl (C=O) groups excluding carboxylic acids is 1. The Labute approximate surface area is 206 Å². The van der Waals surface area contributed by atoms with Crippen LogP contribution in [0.4, 0.5) is 24.8 Å². The standard InChI is InChI=1S/C25H26F3N5O3/c1-35-19-6-7-20(23(34)33(17-25(26,27)28)24-30-11-4-12-31-24)21(15-19)32-13-8-18(9-14-32)16-36-22-5-2-3-10-29-22/h2-7,10-12,15,18H,8-9,13-14,16-17H2,1H3. The lowest BCUT2D eigenvalue weighted by molar-refractivity contribution is -0.118. The van der Waals surface area contributed by atoms with Gasteiger partial charge in [0.25, 0.3) is 5.91 Å². The molecule has 190 valence electrons. The number of carbonyl (C=O) groups is 1. The van der Waals surface area contributed by atoms with Gasteiger partial charge >= 0.3 is 6.18 Å². The molecule has 1 aliphatic heterocycles. The summed E-state index contributed by atoms with van der Waals surface area (Å²) < 4.78 is 51.3. The summed E-state index contributed by atoms with van der Waals surface area (Å²) in [7, 11) is 1.50. The SMILES string of the molecule is COc1ccc(C(=O)N(CC(F)(F)F)c2ncccn2)c(N2CCC(COc3ccccn3)CC2)c1. The predicted octanol–water partition coefficient (Wildman–Crippen LogP) is 4.38. The molecule has 0 bridgehead atoms. The maximum atomic E-state index is 13.5. The van der Waals surface area contributed by atoms with Crippen LogP contribution >= 0.6 is 0 Å². The molecule has 0 unspecified atom stereocenters. The van der Waals surface area contributed by atoms with Crippen molar-refractivity contribution in [3.05, 3.63) is 66.6 Å². The first-order chi connectivity index (χ1) is 17.3. The Kier molecular flexibility index (Phi) is 7.87. The van der Waals surface area contributed by atoms with Crippen molar-refractivity contribution in [1.82, 2.24) is 15.0 Å². The van der Waals surface area contributed by atoms with Crippen molar-refractivity contribution >= 4 is 17.5 Å². The van der Waals surface area contributed by atoms with Crippen molar-refractivity contribution in [2.45, 2.75) is 19.0 Å². The van der Waals surface area contributed by atoms with E-state index in [9.17, 15) is 18.0 Å². The van der Waals surface area contributed by atoms with Crippen molar-refractivity contribution in [2.24, 2.45) is 5.92 Å². The highest BCUT2D eigenvalue weighted by atomic mass is 19.4. The number of nitrogens with zero attached hydrogens (tertiary/aromatic N) is 5. The third-order valence-electron chi connectivity index (χ3n) is 5.87. The molecule has 3 heterocycles. The van der Waals surface area contributed by atoms with Gasteiger partial charge in [-0.05, 0) is 43.0 Å². The summed E-state index contributed by atoms with van der Waals surface area (Å²) >= 11 is 0. The minimum atomic E-state index is -4.63. The topological polar surface area (TPSA) is 80.7 Å². The highest BCUT2D eigenvalue weighted by Gasteiger charge is 2.36. The highest BCUT2D eigenvalue weighted by molar-refractivity contribution is 6.09. The molecule has 0 N–H and O–H groups in total. The van der Waals surface area contributed by atoms with Crippen LogP contribution in [-0.4, -0.2) is 60.4 Å². The summed E-state index contributed by atoms with van der Waals surface area (Å²) in [5.41, 5.74) is 0.627. The Morgan fingerprint density at radius 1 is 1.06 bits per heavy atom. The minimum Gasteiger partial charge on any atom is -0.497 e. The van der Waals surface area contributed by atoms with Crippen molar-refractivity contribution in [1.29, 1.82) is 0 Å². The van der Waals surface area contributed by atoms with E-state index in [0.29, 0.717) is 41.9 Å². The number of aromatic nitrogens is 3. The number of halogens is 3. The lowest BCUT2D eigenvalue weighted by atomic mass is 9.96. The van der Waals surface area contributed by atoms with Crippen LogP contribution < -0.4 is 19.3 Å². The second kappa shape index (κ2) is 11.2. The van der Waals surface area contributed by atoms with Gasteiger partial charge in [-0.3, -0.25) is 9.69 Å². The van der Waals surface area contributed by atoms with Gasteiger partial charge in [0.2, 0.25) is 11.8 Å². The highest BCUT2D eigenvalue weighted by Crippen LogP contribution is 2.32. The number of hydrogen-bond donors (Lipinski definition) is 0. The minimum absolute atomic E-state index is 0.121. The Morgan fingerprint density at radius 3 is 2.42 bits per heavy atom. The lowest BCUT2D eigenvalue weighted by Crippen LogP contribution is -2.42. The van der Waals surface area contributed by atoms with Crippen LogP contribution in [-0.2, 0) is 0 Å². The number of hydrogen-bond acceptors (Lipinski definition) is 7. The largest absolute Gasteiger partial charge is 0.497 e. The molecule has 0 radical (unpaired) electrons. The van der Waals surface area contributed by atoms with Gasteiger partial charge in [0.05, 0.1) is 25.0 Å². The Bertz CT molecular complexity index is 1140. The summed E-state index contributed by atoms with van der Waals surface area (Å²) in [6.07, 6.45) is 1.20. The van der Waals surface area contributed by atoms with Crippen molar-refractivity contribution in [3.63, 3.8) is 0 Å². The number of benzene rings is 1. The number of piperidine rings is 1. The molecule has 11 heteroatoms. The number of pyridine rings is 1. The van der Waals surface area contributed by atoms with Gasteiger partial charge in [0.1, 0.15) is 12.3 Å². The maximum Gasteiger partial charge on any atom is 0.406 e. The molecule has 0 spiro atoms. The average molecular weight is 502 g/mol. The van der Waals surface area contributed by atoms with Crippen molar-refractivity contribution in [3.8, 4) is 11.6 Å². The number of anilines is 2. The fourth-order valence-electron chi connectivity index (χ4n) is 4.05. The zero-order chi connectivity index (χ0) is 25.5. The van der Waals surface area contributed by atoms with E-state index >= 15 is 0 Å². The van der Waals surface area contributed by atoms with Gasteiger partial charge in [0.15, 0.2) is 0 Å². The summed E-state index contributed by atoms with van der Waals surface area (Å²) in [6.45, 7) is 0.212. The van der Waals surface area contributed by atoms with E-state index in [4.69, 9.17) is 9.47 Å². The molecule has 0 saturated carbocycles. The Balaban J connectivity index is 1.53. The van der Waals surface area contributed by atoms with E-state index in [1.54, 1.807) is 24.4 Å². The van der Waals surface area contributed by atoms with E-state index < -0.39 is 18.6 Å². The first kappa shape index (κ1) is 25.2. The van der Waals surface area contributed by atoms with Crippen LogP contribution in [0.2, 0.25) is 0 Å². The molecule has 2 aromatic heterocycles. The number of methoxy groups -OCH3 is 1. The number of alkyl halides is 3. The summed E-state index contributed by atoms with van der Waals surface area (Å²) in [6, 6.07) is 11.7. The van der Waals surface area contributed by atoms with E-state index in [0.717, 1.165) is 12.8 Å². The molecule has 36 heavy (non-hydrogen) atoms. The summed E-state index contributed by atoms with van der Waals surface area (Å²) in [5, 5.41) is 0. The molecule has 1 aromatic carbocycles. The van der Waals surface area contributed by atoms with Gasteiger partial charge < -0.3 is 14.4 Å².